The number of anilines is 3. The standard InChI is InChI=1S/C21H26BClN6O2S/c1-28-8-10-29(11-9-28)21-25-19-14-18(23)17(22)13-16(19)20(26-21)24-7-12-32(30,31)27-15-5-3-2-4-6-15/h2-6,13-14,27H,7-12,22H2,1H3,(H,24,25,26). The van der Waals surface area contributed by atoms with Crippen LogP contribution in [-0.2, 0) is 10.0 Å². The second-order valence-electron chi connectivity index (χ2n) is 7.99. The number of rotatable bonds is 7. The Morgan fingerprint density at radius 2 is 1.81 bits per heavy atom. The molecule has 11 heteroatoms. The predicted molar refractivity (Wildman–Crippen MR) is 135 cm³/mol. The van der Waals surface area contributed by atoms with Gasteiger partial charge in [-0.15, -0.1) is 0 Å². The molecule has 0 atom stereocenters. The molecule has 2 heterocycles. The largest absolute Gasteiger partial charge is 0.368 e. The number of nitrogens with zero attached hydrogens (tertiary/aromatic N) is 4. The lowest BCUT2D eigenvalue weighted by atomic mass is 9.94. The second-order valence-corrected chi connectivity index (χ2v) is 10.2. The van der Waals surface area contributed by atoms with E-state index in [4.69, 9.17) is 21.6 Å². The topological polar surface area (TPSA) is 90.5 Å². The van der Waals surface area contributed by atoms with E-state index < -0.39 is 10.0 Å². The van der Waals surface area contributed by atoms with Gasteiger partial charge in [-0.1, -0.05) is 41.3 Å². The van der Waals surface area contributed by atoms with Gasteiger partial charge < -0.3 is 15.1 Å². The van der Waals surface area contributed by atoms with Crippen LogP contribution in [0.15, 0.2) is 42.5 Å². The summed E-state index contributed by atoms with van der Waals surface area (Å²) in [7, 11) is 0.517. The third-order valence-corrected chi connectivity index (χ3v) is 7.16. The third kappa shape index (κ3) is 5.43. The summed E-state index contributed by atoms with van der Waals surface area (Å²) < 4.78 is 27.6. The zero-order chi connectivity index (χ0) is 22.7. The first-order valence-electron chi connectivity index (χ1n) is 10.5. The molecule has 0 bridgehead atoms. The highest BCUT2D eigenvalue weighted by molar-refractivity contribution is 7.92. The molecule has 0 spiro atoms. The molecule has 0 amide bonds. The minimum absolute atomic E-state index is 0.0934. The van der Waals surface area contributed by atoms with Gasteiger partial charge in [-0.05, 0) is 25.2 Å². The second kappa shape index (κ2) is 9.52. The Bertz CT molecular complexity index is 1200. The molecule has 2 aromatic carbocycles. The molecular weight excluding hydrogens is 447 g/mol. The van der Waals surface area contributed by atoms with Crippen LogP contribution in [0, 0.1) is 0 Å². The van der Waals surface area contributed by atoms with Gasteiger partial charge in [0, 0.05) is 48.8 Å². The molecule has 2 N–H and O–H groups in total. The zero-order valence-electron chi connectivity index (χ0n) is 18.2. The van der Waals surface area contributed by atoms with Gasteiger partial charge in [-0.3, -0.25) is 4.72 Å². The number of fused-ring (bicyclic) bond motifs is 1. The van der Waals surface area contributed by atoms with Crippen LogP contribution in [0.5, 0.6) is 0 Å². The molecule has 1 fully saturated rings. The minimum atomic E-state index is -3.50. The molecule has 0 saturated carbocycles. The van der Waals surface area contributed by atoms with Crippen molar-refractivity contribution in [2.24, 2.45) is 0 Å². The SMILES string of the molecule is Bc1cc2c(NCCS(=O)(=O)Nc3ccccc3)nc(N3CCN(C)CC3)nc2cc1Cl. The van der Waals surface area contributed by atoms with E-state index in [2.05, 4.69) is 26.9 Å². The van der Waals surface area contributed by atoms with E-state index >= 15 is 0 Å². The van der Waals surface area contributed by atoms with Gasteiger partial charge in [-0.2, -0.15) is 4.98 Å². The maximum Gasteiger partial charge on any atom is 0.234 e. The average Bonchev–Trinajstić information content (AvgIpc) is 2.75. The van der Waals surface area contributed by atoms with E-state index in [-0.39, 0.29) is 12.3 Å². The van der Waals surface area contributed by atoms with Gasteiger partial charge in [0.2, 0.25) is 16.0 Å². The fraction of sp³-hybridized carbons (Fsp3) is 0.333. The molecular formula is C21H26BClN6O2S. The molecule has 4 rings (SSSR count). The zero-order valence-corrected chi connectivity index (χ0v) is 19.7. The number of hydrogen-bond donors (Lipinski definition) is 2. The van der Waals surface area contributed by atoms with E-state index in [1.807, 2.05) is 26.0 Å². The molecule has 1 saturated heterocycles. The Labute approximate surface area is 194 Å². The maximum atomic E-state index is 12.5. The van der Waals surface area contributed by atoms with Gasteiger partial charge in [-0.25, -0.2) is 13.4 Å². The first-order valence-corrected chi connectivity index (χ1v) is 12.5. The number of halogens is 1. The number of benzene rings is 2. The number of piperazine rings is 1. The van der Waals surface area contributed by atoms with E-state index in [9.17, 15) is 8.42 Å². The van der Waals surface area contributed by atoms with Crippen LogP contribution in [0.25, 0.3) is 10.9 Å². The van der Waals surface area contributed by atoms with Crippen LogP contribution < -0.4 is 20.4 Å². The smallest absolute Gasteiger partial charge is 0.234 e. The first-order chi connectivity index (χ1) is 15.3. The monoisotopic (exact) mass is 472 g/mol. The Morgan fingerprint density at radius 1 is 1.09 bits per heavy atom. The highest BCUT2D eigenvalue weighted by atomic mass is 35.5. The van der Waals surface area contributed by atoms with E-state index in [1.54, 1.807) is 24.3 Å². The third-order valence-electron chi connectivity index (χ3n) is 5.46. The first kappa shape index (κ1) is 22.6. The molecule has 0 unspecified atom stereocenters. The van der Waals surface area contributed by atoms with Crippen molar-refractivity contribution in [3.8, 4) is 0 Å². The predicted octanol–water partition coefficient (Wildman–Crippen LogP) is 1.15. The van der Waals surface area contributed by atoms with Gasteiger partial charge in [0.1, 0.15) is 13.7 Å². The van der Waals surface area contributed by atoms with Crippen LogP contribution in [0.1, 0.15) is 0 Å². The highest BCUT2D eigenvalue weighted by Gasteiger charge is 2.19. The van der Waals surface area contributed by atoms with Gasteiger partial charge >= 0.3 is 0 Å². The number of aromatic nitrogens is 2. The lowest BCUT2D eigenvalue weighted by molar-refractivity contribution is 0.311. The summed E-state index contributed by atoms with van der Waals surface area (Å²) >= 11 is 6.35. The highest BCUT2D eigenvalue weighted by Crippen LogP contribution is 2.25. The number of hydrogen-bond acceptors (Lipinski definition) is 7. The molecule has 8 nitrogen and oxygen atoms in total. The summed E-state index contributed by atoms with van der Waals surface area (Å²) in [6.45, 7) is 3.73. The molecule has 1 aliphatic rings. The van der Waals surface area contributed by atoms with E-state index in [0.29, 0.717) is 22.5 Å². The molecule has 3 aromatic rings. The van der Waals surface area contributed by atoms with Crippen molar-refractivity contribution >= 4 is 63.3 Å². The summed E-state index contributed by atoms with van der Waals surface area (Å²) in [4.78, 5) is 13.9. The number of sulfonamides is 1. The fourth-order valence-electron chi connectivity index (χ4n) is 3.57. The van der Waals surface area contributed by atoms with E-state index in [0.717, 1.165) is 42.5 Å². The Hall–Kier alpha value is -2.56. The Kier molecular flexibility index (Phi) is 6.73. The van der Waals surface area contributed by atoms with Crippen LogP contribution in [0.2, 0.25) is 5.02 Å². The average molecular weight is 473 g/mol. The summed E-state index contributed by atoms with van der Waals surface area (Å²) in [6.07, 6.45) is 0. The van der Waals surface area contributed by atoms with Crippen LogP contribution in [0.4, 0.5) is 17.5 Å². The van der Waals surface area contributed by atoms with Crippen molar-refractivity contribution in [3.05, 3.63) is 47.5 Å². The Morgan fingerprint density at radius 3 is 2.53 bits per heavy atom. The minimum Gasteiger partial charge on any atom is -0.368 e. The van der Waals surface area contributed by atoms with Gasteiger partial charge in [0.15, 0.2) is 0 Å². The van der Waals surface area contributed by atoms with Crippen molar-refractivity contribution in [2.45, 2.75) is 0 Å². The van der Waals surface area contributed by atoms with Gasteiger partial charge in [0.25, 0.3) is 0 Å². The number of nitrogens with one attached hydrogen (secondary N) is 2. The van der Waals surface area contributed by atoms with Crippen molar-refractivity contribution < 1.29 is 8.42 Å². The molecule has 168 valence electrons. The van der Waals surface area contributed by atoms with Crippen molar-refractivity contribution in [2.75, 3.05) is 60.5 Å². The van der Waals surface area contributed by atoms with Crippen molar-refractivity contribution in [1.29, 1.82) is 0 Å². The van der Waals surface area contributed by atoms with Crippen LogP contribution in [0.3, 0.4) is 0 Å². The Balaban J connectivity index is 1.55. The summed E-state index contributed by atoms with van der Waals surface area (Å²) in [6, 6.07) is 12.6. The van der Waals surface area contributed by atoms with Crippen LogP contribution >= 0.6 is 11.6 Å². The maximum absolute atomic E-state index is 12.5. The van der Waals surface area contributed by atoms with E-state index in [1.165, 1.54) is 0 Å². The summed E-state index contributed by atoms with van der Waals surface area (Å²) in [5.41, 5.74) is 2.19. The van der Waals surface area contributed by atoms with Crippen molar-refractivity contribution in [1.82, 2.24) is 14.9 Å². The molecule has 0 aliphatic carbocycles. The lowest BCUT2D eigenvalue weighted by Gasteiger charge is -2.32. The van der Waals surface area contributed by atoms with Gasteiger partial charge in [0.05, 0.1) is 11.3 Å². The lowest BCUT2D eigenvalue weighted by Crippen LogP contribution is -2.45. The summed E-state index contributed by atoms with van der Waals surface area (Å²) in [5.74, 6) is 1.14. The van der Waals surface area contributed by atoms with Crippen LogP contribution in [-0.4, -0.2) is 76.7 Å². The molecule has 1 aromatic heterocycles. The summed E-state index contributed by atoms with van der Waals surface area (Å²) in [5, 5.41) is 4.67. The van der Waals surface area contributed by atoms with Crippen molar-refractivity contribution in [3.63, 3.8) is 0 Å². The molecule has 0 radical (unpaired) electrons. The fourth-order valence-corrected chi connectivity index (χ4v) is 4.70. The normalized spacial score (nSPS) is 15.1. The number of para-hydroxylation sites is 1. The molecule has 1 aliphatic heterocycles. The number of likely N-dealkylation sites (N-methyl/N-ethyl adjacent to an activating group) is 1. The molecule has 32 heavy (non-hydrogen) atoms. The quantitative estimate of drug-likeness (QED) is 0.499.